The number of carbonyl (C=O) groups excluding carboxylic acids is 1. The van der Waals surface area contributed by atoms with E-state index in [2.05, 4.69) is 10.0 Å². The van der Waals surface area contributed by atoms with Crippen molar-refractivity contribution >= 4 is 30.2 Å². The summed E-state index contributed by atoms with van der Waals surface area (Å²) >= 11 is 0. The minimum Gasteiger partial charge on any atom is -0.398 e. The third-order valence-electron chi connectivity index (χ3n) is 3.45. The summed E-state index contributed by atoms with van der Waals surface area (Å²) in [5.41, 5.74) is 0.554. The van der Waals surface area contributed by atoms with Gasteiger partial charge in [-0.05, 0) is 43.3 Å². The zero-order valence-corrected chi connectivity index (χ0v) is 15.7. The van der Waals surface area contributed by atoms with E-state index in [0.29, 0.717) is 24.7 Å². The van der Waals surface area contributed by atoms with Crippen molar-refractivity contribution in [3.05, 3.63) is 24.3 Å². The lowest BCUT2D eigenvalue weighted by Crippen LogP contribution is -2.37. The lowest BCUT2D eigenvalue weighted by molar-refractivity contribution is -0.114. The molecule has 0 aliphatic carbocycles. The van der Waals surface area contributed by atoms with Gasteiger partial charge in [0.25, 0.3) is 0 Å². The number of nitrogens with one attached hydrogen (secondary N) is 2. The van der Waals surface area contributed by atoms with E-state index in [4.69, 9.17) is 8.85 Å². The molecule has 0 radical (unpaired) electrons. The second-order valence-corrected chi connectivity index (χ2v) is 10.6. The van der Waals surface area contributed by atoms with Crippen molar-refractivity contribution in [2.75, 3.05) is 26.1 Å². The average Bonchev–Trinajstić information content (AvgIpc) is 2.51. The summed E-state index contributed by atoms with van der Waals surface area (Å²) in [7, 11) is -2.52. The number of hydrogen-bond donors (Lipinski definition) is 2. The molecule has 0 atom stereocenters. The number of benzene rings is 1. The van der Waals surface area contributed by atoms with Gasteiger partial charge in [-0.1, -0.05) is 0 Å². The van der Waals surface area contributed by atoms with Crippen molar-refractivity contribution in [1.82, 2.24) is 4.72 Å². The van der Waals surface area contributed by atoms with E-state index in [1.807, 2.05) is 6.55 Å². The Morgan fingerprint density at radius 1 is 1.17 bits per heavy atom. The summed E-state index contributed by atoms with van der Waals surface area (Å²) in [5, 5.41) is 2.59. The van der Waals surface area contributed by atoms with Gasteiger partial charge in [-0.25, -0.2) is 13.1 Å². The van der Waals surface area contributed by atoms with Gasteiger partial charge in [0, 0.05) is 33.4 Å². The molecular weight excluding hydrogens is 336 g/mol. The molecule has 0 fully saturated rings. The molecule has 0 heterocycles. The molecule has 0 spiro atoms. The Bertz CT molecular complexity index is 615. The molecule has 130 valence electrons. The van der Waals surface area contributed by atoms with E-state index in [1.54, 1.807) is 26.4 Å². The van der Waals surface area contributed by atoms with Crippen LogP contribution in [-0.2, 0) is 23.7 Å². The molecule has 1 rings (SSSR count). The highest BCUT2D eigenvalue weighted by molar-refractivity contribution is 7.89. The van der Waals surface area contributed by atoms with Gasteiger partial charge in [0.2, 0.25) is 15.9 Å². The fourth-order valence-electron chi connectivity index (χ4n) is 1.91. The van der Waals surface area contributed by atoms with Crippen LogP contribution in [0.4, 0.5) is 5.69 Å². The van der Waals surface area contributed by atoms with Crippen molar-refractivity contribution < 1.29 is 22.1 Å². The average molecular weight is 361 g/mol. The van der Waals surface area contributed by atoms with Crippen molar-refractivity contribution in [3.8, 4) is 0 Å². The fourth-order valence-corrected chi connectivity index (χ4v) is 4.38. The molecule has 1 aromatic carbocycles. The summed E-state index contributed by atoms with van der Waals surface area (Å²) in [6, 6.07) is 6.71. The summed E-state index contributed by atoms with van der Waals surface area (Å²) < 4.78 is 37.6. The maximum Gasteiger partial charge on any atom is 0.334 e. The quantitative estimate of drug-likeness (QED) is 0.516. The van der Waals surface area contributed by atoms with Gasteiger partial charge >= 0.3 is 8.56 Å². The summed E-state index contributed by atoms with van der Waals surface area (Å²) in [6.07, 6.45) is 0.633. The number of rotatable bonds is 9. The van der Waals surface area contributed by atoms with Crippen LogP contribution in [0.1, 0.15) is 13.3 Å². The van der Waals surface area contributed by atoms with Gasteiger partial charge in [-0.2, -0.15) is 0 Å². The molecule has 0 aliphatic heterocycles. The largest absolute Gasteiger partial charge is 0.398 e. The first-order chi connectivity index (χ1) is 10.7. The van der Waals surface area contributed by atoms with E-state index >= 15 is 0 Å². The van der Waals surface area contributed by atoms with Gasteiger partial charge < -0.3 is 14.2 Å². The van der Waals surface area contributed by atoms with E-state index in [1.165, 1.54) is 19.1 Å². The lowest BCUT2D eigenvalue weighted by Gasteiger charge is -2.22. The van der Waals surface area contributed by atoms with Gasteiger partial charge in [0.15, 0.2) is 0 Å². The lowest BCUT2D eigenvalue weighted by atomic mass is 10.3. The Balaban J connectivity index is 2.57. The Morgan fingerprint density at radius 3 is 2.22 bits per heavy atom. The summed E-state index contributed by atoms with van der Waals surface area (Å²) in [6.45, 7) is 3.64. The first-order valence-corrected chi connectivity index (χ1v) is 11.2. The maximum atomic E-state index is 12.2. The van der Waals surface area contributed by atoms with Gasteiger partial charge in [0.1, 0.15) is 0 Å². The Kier molecular flexibility index (Phi) is 7.35. The normalized spacial score (nSPS) is 12.2. The van der Waals surface area contributed by atoms with E-state index in [0.717, 1.165) is 0 Å². The highest BCUT2D eigenvalue weighted by Gasteiger charge is 2.28. The van der Waals surface area contributed by atoms with Crippen LogP contribution in [0.5, 0.6) is 0 Å². The number of amides is 1. The number of carbonyl (C=O) groups is 1. The molecule has 1 aromatic rings. The number of hydrogen-bond acceptors (Lipinski definition) is 5. The van der Waals surface area contributed by atoms with Crippen LogP contribution in [0.3, 0.4) is 0 Å². The highest BCUT2D eigenvalue weighted by atomic mass is 32.2. The topological polar surface area (TPSA) is 93.7 Å². The molecule has 9 heteroatoms. The zero-order valence-electron chi connectivity index (χ0n) is 13.9. The SMILES string of the molecule is CO[Si](C)(CCCNS(=O)(=O)c1ccc(NC(C)=O)cc1)OC. The first kappa shape index (κ1) is 19.8. The van der Waals surface area contributed by atoms with Crippen molar-refractivity contribution in [1.29, 1.82) is 0 Å². The second-order valence-electron chi connectivity index (χ2n) is 5.25. The molecule has 0 aliphatic rings. The van der Waals surface area contributed by atoms with Gasteiger partial charge in [-0.15, -0.1) is 0 Å². The monoisotopic (exact) mass is 360 g/mol. The van der Waals surface area contributed by atoms with Crippen LogP contribution < -0.4 is 10.0 Å². The number of sulfonamides is 1. The Hall–Kier alpha value is -1.26. The summed E-state index contributed by atoms with van der Waals surface area (Å²) in [5.74, 6) is -0.206. The molecular formula is C14H24N2O5SSi. The molecule has 23 heavy (non-hydrogen) atoms. The van der Waals surface area contributed by atoms with Crippen LogP contribution in [0.2, 0.25) is 12.6 Å². The third-order valence-corrected chi connectivity index (χ3v) is 7.91. The van der Waals surface area contributed by atoms with Crippen LogP contribution in [0.25, 0.3) is 0 Å². The van der Waals surface area contributed by atoms with Gasteiger partial charge in [0.05, 0.1) is 4.90 Å². The van der Waals surface area contributed by atoms with Crippen molar-refractivity contribution in [2.24, 2.45) is 0 Å². The third kappa shape index (κ3) is 6.40. The van der Waals surface area contributed by atoms with E-state index < -0.39 is 18.6 Å². The minimum atomic E-state index is -3.57. The fraction of sp³-hybridized carbons (Fsp3) is 0.500. The van der Waals surface area contributed by atoms with E-state index in [-0.39, 0.29) is 10.8 Å². The molecule has 0 saturated heterocycles. The molecule has 0 aromatic heterocycles. The van der Waals surface area contributed by atoms with Crippen LogP contribution in [-0.4, -0.2) is 43.7 Å². The molecule has 2 N–H and O–H groups in total. The molecule has 0 unspecified atom stereocenters. The van der Waals surface area contributed by atoms with Gasteiger partial charge in [-0.3, -0.25) is 4.79 Å². The maximum absolute atomic E-state index is 12.2. The van der Waals surface area contributed by atoms with Crippen LogP contribution >= 0.6 is 0 Å². The molecule has 0 bridgehead atoms. The molecule has 0 saturated carbocycles. The zero-order chi connectivity index (χ0) is 17.5. The van der Waals surface area contributed by atoms with Crippen LogP contribution in [0, 0.1) is 0 Å². The minimum absolute atomic E-state index is 0.157. The molecule has 7 nitrogen and oxygen atoms in total. The predicted octanol–water partition coefficient (Wildman–Crippen LogP) is 1.68. The van der Waals surface area contributed by atoms with Crippen LogP contribution in [0.15, 0.2) is 29.2 Å². The standard InChI is InChI=1S/C14H24N2O5SSi/c1-12(17)16-13-6-8-14(9-7-13)22(18,19)15-10-5-11-23(4,20-2)21-3/h6-9,15H,5,10-11H2,1-4H3,(H,16,17). The second kappa shape index (κ2) is 8.55. The summed E-state index contributed by atoms with van der Waals surface area (Å²) in [4.78, 5) is 11.1. The Labute approximate surface area is 138 Å². The highest BCUT2D eigenvalue weighted by Crippen LogP contribution is 2.15. The predicted molar refractivity (Wildman–Crippen MR) is 91.0 cm³/mol. The smallest absolute Gasteiger partial charge is 0.334 e. The number of anilines is 1. The molecule has 1 amide bonds. The first-order valence-electron chi connectivity index (χ1n) is 7.20. The van der Waals surface area contributed by atoms with E-state index in [9.17, 15) is 13.2 Å². The Morgan fingerprint density at radius 2 is 1.74 bits per heavy atom. The van der Waals surface area contributed by atoms with Crippen molar-refractivity contribution in [2.45, 2.75) is 30.8 Å². The van der Waals surface area contributed by atoms with Crippen molar-refractivity contribution in [3.63, 3.8) is 0 Å².